The number of H-pyrrole nitrogens is 1. The molecule has 10 heteroatoms. The SMILES string of the molecule is CCOC(=O)c1ccc(OC(=O)c2c[nH]c3ccc(NC(=O)CCc4ccc([N+](=O)[O-])cc4)cc23)cc1. The number of aryl methyl sites for hydroxylation is 1. The number of nitrogens with zero attached hydrogens (tertiary/aromatic N) is 1. The van der Waals surface area contributed by atoms with Gasteiger partial charge in [-0.2, -0.15) is 0 Å². The molecule has 1 amide bonds. The number of carbonyl (C=O) groups excluding carboxylic acids is 3. The molecule has 0 bridgehead atoms. The minimum absolute atomic E-state index is 0.00368. The number of amides is 1. The van der Waals surface area contributed by atoms with E-state index in [2.05, 4.69) is 10.3 Å². The van der Waals surface area contributed by atoms with Crippen LogP contribution >= 0.6 is 0 Å². The summed E-state index contributed by atoms with van der Waals surface area (Å²) in [7, 11) is 0. The molecule has 1 aromatic heterocycles. The Bertz CT molecular complexity index is 1460. The summed E-state index contributed by atoms with van der Waals surface area (Å²) in [4.78, 5) is 50.3. The van der Waals surface area contributed by atoms with Gasteiger partial charge in [-0.1, -0.05) is 12.1 Å². The van der Waals surface area contributed by atoms with E-state index in [4.69, 9.17) is 9.47 Å². The van der Waals surface area contributed by atoms with Crippen molar-refractivity contribution < 1.29 is 28.8 Å². The fourth-order valence-corrected chi connectivity index (χ4v) is 3.67. The van der Waals surface area contributed by atoms with Crippen molar-refractivity contribution in [1.29, 1.82) is 0 Å². The maximum absolute atomic E-state index is 12.8. The van der Waals surface area contributed by atoms with Gasteiger partial charge in [0.05, 0.1) is 22.7 Å². The van der Waals surface area contributed by atoms with Crippen molar-refractivity contribution in [1.82, 2.24) is 4.98 Å². The Labute approximate surface area is 211 Å². The number of ether oxygens (including phenoxy) is 2. The molecule has 0 fully saturated rings. The molecule has 3 aromatic carbocycles. The smallest absolute Gasteiger partial charge is 0.345 e. The van der Waals surface area contributed by atoms with Crippen LogP contribution in [0.25, 0.3) is 10.9 Å². The van der Waals surface area contributed by atoms with Crippen LogP contribution in [0.1, 0.15) is 39.6 Å². The monoisotopic (exact) mass is 501 g/mol. The average molecular weight is 501 g/mol. The number of nitrogens with one attached hydrogen (secondary N) is 2. The lowest BCUT2D eigenvalue weighted by atomic mass is 10.1. The molecule has 37 heavy (non-hydrogen) atoms. The first kappa shape index (κ1) is 25.1. The highest BCUT2D eigenvalue weighted by molar-refractivity contribution is 6.06. The number of aromatic amines is 1. The zero-order valence-electron chi connectivity index (χ0n) is 19.9. The van der Waals surface area contributed by atoms with Crippen LogP contribution in [0.2, 0.25) is 0 Å². The van der Waals surface area contributed by atoms with Gasteiger partial charge in [0, 0.05) is 41.3 Å². The highest BCUT2D eigenvalue weighted by Crippen LogP contribution is 2.25. The number of nitro groups is 1. The zero-order chi connectivity index (χ0) is 26.4. The largest absolute Gasteiger partial charge is 0.462 e. The summed E-state index contributed by atoms with van der Waals surface area (Å²) >= 11 is 0. The van der Waals surface area contributed by atoms with Crippen molar-refractivity contribution >= 4 is 40.1 Å². The maximum Gasteiger partial charge on any atom is 0.345 e. The first-order chi connectivity index (χ1) is 17.8. The number of hydrogen-bond donors (Lipinski definition) is 2. The number of carbonyl (C=O) groups is 3. The Balaban J connectivity index is 1.40. The van der Waals surface area contributed by atoms with Gasteiger partial charge in [-0.05, 0) is 61.4 Å². The molecule has 0 aliphatic rings. The Hall–Kier alpha value is -4.99. The Morgan fingerprint density at radius 1 is 0.973 bits per heavy atom. The lowest BCUT2D eigenvalue weighted by Crippen LogP contribution is -2.12. The predicted molar refractivity (Wildman–Crippen MR) is 136 cm³/mol. The van der Waals surface area contributed by atoms with E-state index in [1.54, 1.807) is 37.3 Å². The molecule has 0 unspecified atom stereocenters. The second-order valence-corrected chi connectivity index (χ2v) is 8.07. The van der Waals surface area contributed by atoms with E-state index in [-0.39, 0.29) is 35.9 Å². The number of hydrogen-bond acceptors (Lipinski definition) is 7. The Morgan fingerprint density at radius 2 is 1.70 bits per heavy atom. The second-order valence-electron chi connectivity index (χ2n) is 8.07. The van der Waals surface area contributed by atoms with Crippen molar-refractivity contribution in [3.05, 3.63) is 99.7 Å². The topological polar surface area (TPSA) is 141 Å². The average Bonchev–Trinajstić information content (AvgIpc) is 3.32. The summed E-state index contributed by atoms with van der Waals surface area (Å²) < 4.78 is 10.4. The molecule has 4 rings (SSSR count). The van der Waals surface area contributed by atoms with E-state index in [1.807, 2.05) is 0 Å². The molecule has 1 heterocycles. The van der Waals surface area contributed by atoms with Crippen molar-refractivity contribution in [3.8, 4) is 5.75 Å². The normalized spacial score (nSPS) is 10.6. The third-order valence-electron chi connectivity index (χ3n) is 5.55. The number of fused-ring (bicyclic) bond motifs is 1. The molecule has 0 saturated heterocycles. The molecule has 4 aromatic rings. The van der Waals surface area contributed by atoms with Gasteiger partial charge in [0.1, 0.15) is 5.75 Å². The summed E-state index contributed by atoms with van der Waals surface area (Å²) in [5, 5.41) is 14.1. The van der Waals surface area contributed by atoms with Gasteiger partial charge in [0.15, 0.2) is 0 Å². The quantitative estimate of drug-likeness (QED) is 0.142. The Morgan fingerprint density at radius 3 is 2.38 bits per heavy atom. The lowest BCUT2D eigenvalue weighted by molar-refractivity contribution is -0.384. The number of aromatic nitrogens is 1. The van der Waals surface area contributed by atoms with Crippen LogP contribution in [0.15, 0.2) is 72.9 Å². The van der Waals surface area contributed by atoms with E-state index in [1.165, 1.54) is 42.6 Å². The van der Waals surface area contributed by atoms with Crippen LogP contribution in [0.3, 0.4) is 0 Å². The molecule has 10 nitrogen and oxygen atoms in total. The first-order valence-corrected chi connectivity index (χ1v) is 11.5. The standard InChI is InChI=1S/C27H23N3O7/c1-2-36-26(32)18-6-11-21(12-7-18)37-27(33)23-16-28-24-13-8-19(15-22(23)24)29-25(31)14-5-17-3-9-20(10-4-17)30(34)35/h3-4,6-13,15-16,28H,2,5,14H2,1H3,(H,29,31). The minimum atomic E-state index is -0.600. The van der Waals surface area contributed by atoms with Crippen molar-refractivity contribution in [3.63, 3.8) is 0 Å². The summed E-state index contributed by atoms with van der Waals surface area (Å²) in [6.07, 6.45) is 2.13. The zero-order valence-corrected chi connectivity index (χ0v) is 19.9. The third kappa shape index (κ3) is 6.17. The van der Waals surface area contributed by atoms with Crippen LogP contribution in [-0.4, -0.2) is 34.4 Å². The second kappa shape index (κ2) is 11.2. The van der Waals surface area contributed by atoms with Crippen molar-refractivity contribution in [2.45, 2.75) is 19.8 Å². The van der Waals surface area contributed by atoms with Crippen molar-refractivity contribution in [2.24, 2.45) is 0 Å². The fraction of sp³-hybridized carbons (Fsp3) is 0.148. The van der Waals surface area contributed by atoms with E-state index in [0.29, 0.717) is 28.6 Å². The Kier molecular flexibility index (Phi) is 7.58. The highest BCUT2D eigenvalue weighted by atomic mass is 16.6. The molecular weight excluding hydrogens is 478 g/mol. The van der Waals surface area contributed by atoms with Crippen LogP contribution in [0.5, 0.6) is 5.75 Å². The van der Waals surface area contributed by atoms with Gasteiger partial charge in [-0.25, -0.2) is 9.59 Å². The summed E-state index contributed by atoms with van der Waals surface area (Å²) in [5.74, 6) is -1.03. The van der Waals surface area contributed by atoms with E-state index in [9.17, 15) is 24.5 Å². The number of non-ortho nitro benzene ring substituents is 1. The van der Waals surface area contributed by atoms with E-state index < -0.39 is 16.9 Å². The highest BCUT2D eigenvalue weighted by Gasteiger charge is 2.16. The summed E-state index contributed by atoms with van der Waals surface area (Å²) in [5.41, 5.74) is 2.63. The van der Waals surface area contributed by atoms with E-state index >= 15 is 0 Å². The van der Waals surface area contributed by atoms with Crippen LogP contribution in [-0.2, 0) is 16.0 Å². The molecule has 2 N–H and O–H groups in total. The number of anilines is 1. The first-order valence-electron chi connectivity index (χ1n) is 11.5. The van der Waals surface area contributed by atoms with Gasteiger partial charge in [-0.3, -0.25) is 14.9 Å². The molecule has 0 saturated carbocycles. The molecule has 0 atom stereocenters. The van der Waals surface area contributed by atoms with E-state index in [0.717, 1.165) is 5.56 Å². The minimum Gasteiger partial charge on any atom is -0.462 e. The molecule has 188 valence electrons. The maximum atomic E-state index is 12.8. The van der Waals surface area contributed by atoms with Crippen LogP contribution < -0.4 is 10.1 Å². The van der Waals surface area contributed by atoms with Crippen LogP contribution in [0.4, 0.5) is 11.4 Å². The summed E-state index contributed by atoms with van der Waals surface area (Å²) in [6, 6.07) is 17.2. The number of benzene rings is 3. The molecule has 0 aliphatic heterocycles. The number of nitro benzene ring substituents is 1. The molecule has 0 radical (unpaired) electrons. The number of rotatable bonds is 9. The summed E-state index contributed by atoms with van der Waals surface area (Å²) in [6.45, 7) is 1.98. The lowest BCUT2D eigenvalue weighted by Gasteiger charge is -2.07. The third-order valence-corrected chi connectivity index (χ3v) is 5.55. The predicted octanol–water partition coefficient (Wildman–Crippen LogP) is 5.04. The molecule has 0 aliphatic carbocycles. The van der Waals surface area contributed by atoms with Crippen LogP contribution in [0, 0.1) is 10.1 Å². The van der Waals surface area contributed by atoms with Gasteiger partial charge >= 0.3 is 11.9 Å². The van der Waals surface area contributed by atoms with Crippen molar-refractivity contribution in [2.75, 3.05) is 11.9 Å². The fourth-order valence-electron chi connectivity index (χ4n) is 3.67. The van der Waals surface area contributed by atoms with Gasteiger partial charge < -0.3 is 19.8 Å². The van der Waals surface area contributed by atoms with Gasteiger partial charge in [0.2, 0.25) is 5.91 Å². The molecular formula is C27H23N3O7. The van der Waals surface area contributed by atoms with Gasteiger partial charge in [0.25, 0.3) is 5.69 Å². The molecule has 0 spiro atoms. The number of esters is 2. The van der Waals surface area contributed by atoms with Gasteiger partial charge in [-0.15, -0.1) is 0 Å².